The van der Waals surface area contributed by atoms with Crippen LogP contribution in [0.25, 0.3) is 0 Å². The quantitative estimate of drug-likeness (QED) is 0.885. The molecule has 6 heteroatoms. The summed E-state index contributed by atoms with van der Waals surface area (Å²) >= 11 is 0. The number of nitrogen functional groups attached to an aromatic ring is 1. The zero-order valence-electron chi connectivity index (χ0n) is 8.73. The first-order valence-electron chi connectivity index (χ1n) is 4.80. The molecular weight excluding hydrogens is 228 g/mol. The van der Waals surface area contributed by atoms with Gasteiger partial charge in [-0.25, -0.2) is 18.7 Å². The second kappa shape index (κ2) is 4.73. The van der Waals surface area contributed by atoms with E-state index in [-0.39, 0.29) is 18.1 Å². The summed E-state index contributed by atoms with van der Waals surface area (Å²) in [5.74, 6) is -1.36. The van der Waals surface area contributed by atoms with Crippen molar-refractivity contribution in [3.05, 3.63) is 47.8 Å². The number of hydrogen-bond acceptors (Lipinski definition) is 4. The van der Waals surface area contributed by atoms with Crippen molar-refractivity contribution in [1.29, 1.82) is 0 Å². The molecular formula is C11H9F2N3O. The van der Waals surface area contributed by atoms with E-state index in [0.29, 0.717) is 5.75 Å². The number of rotatable bonds is 3. The average Bonchev–Trinajstić information content (AvgIpc) is 2.33. The first-order valence-corrected chi connectivity index (χ1v) is 4.80. The summed E-state index contributed by atoms with van der Waals surface area (Å²) < 4.78 is 31.3. The van der Waals surface area contributed by atoms with E-state index in [1.165, 1.54) is 24.5 Å². The number of benzene rings is 1. The molecule has 0 radical (unpaired) electrons. The second-order valence-electron chi connectivity index (χ2n) is 3.28. The third-order valence-corrected chi connectivity index (χ3v) is 2.07. The first kappa shape index (κ1) is 11.3. The van der Waals surface area contributed by atoms with Crippen LogP contribution in [-0.2, 0) is 6.61 Å². The molecule has 0 spiro atoms. The van der Waals surface area contributed by atoms with Gasteiger partial charge in [-0.05, 0) is 6.07 Å². The van der Waals surface area contributed by atoms with Crippen LogP contribution in [0.2, 0.25) is 0 Å². The Kier molecular flexibility index (Phi) is 3.13. The van der Waals surface area contributed by atoms with Crippen LogP contribution in [0.15, 0.2) is 30.6 Å². The summed E-state index contributed by atoms with van der Waals surface area (Å²) in [6.45, 7) is -0.100. The smallest absolute Gasteiger partial charge is 0.220 e. The van der Waals surface area contributed by atoms with Crippen LogP contribution in [0.1, 0.15) is 5.56 Å². The fraction of sp³-hybridized carbons (Fsp3) is 0.0909. The summed E-state index contributed by atoms with van der Waals surface area (Å²) in [5.41, 5.74) is 5.42. The van der Waals surface area contributed by atoms with Gasteiger partial charge in [0.15, 0.2) is 17.4 Å². The molecule has 0 amide bonds. The normalized spacial score (nSPS) is 10.2. The minimum atomic E-state index is -0.913. The molecule has 0 aliphatic rings. The van der Waals surface area contributed by atoms with E-state index in [0.717, 1.165) is 6.07 Å². The molecule has 0 fully saturated rings. The van der Waals surface area contributed by atoms with Crippen LogP contribution < -0.4 is 10.5 Å². The highest BCUT2D eigenvalue weighted by atomic mass is 19.2. The highest BCUT2D eigenvalue weighted by Gasteiger charge is 2.08. The third-order valence-electron chi connectivity index (χ3n) is 2.07. The zero-order valence-corrected chi connectivity index (χ0v) is 8.73. The van der Waals surface area contributed by atoms with Crippen LogP contribution in [0, 0.1) is 11.6 Å². The maximum Gasteiger partial charge on any atom is 0.220 e. The molecule has 0 bridgehead atoms. The van der Waals surface area contributed by atoms with Crippen molar-refractivity contribution in [3.63, 3.8) is 0 Å². The van der Waals surface area contributed by atoms with Crippen molar-refractivity contribution in [1.82, 2.24) is 9.97 Å². The summed E-state index contributed by atoms with van der Waals surface area (Å²) in [6, 6.07) is 3.90. The number of hydrogen-bond donors (Lipinski definition) is 1. The molecule has 0 aliphatic heterocycles. The molecule has 17 heavy (non-hydrogen) atoms. The molecule has 1 heterocycles. The van der Waals surface area contributed by atoms with Crippen molar-refractivity contribution in [3.8, 4) is 5.75 Å². The third kappa shape index (κ3) is 2.66. The van der Waals surface area contributed by atoms with Gasteiger partial charge in [0.05, 0.1) is 12.4 Å². The van der Waals surface area contributed by atoms with Gasteiger partial charge in [-0.3, -0.25) is 0 Å². The number of nitrogens with two attached hydrogens (primary N) is 1. The Morgan fingerprint density at radius 2 is 1.88 bits per heavy atom. The molecule has 88 valence electrons. The predicted molar refractivity (Wildman–Crippen MR) is 57.1 cm³/mol. The monoisotopic (exact) mass is 237 g/mol. The van der Waals surface area contributed by atoms with Gasteiger partial charge in [-0.15, -0.1) is 0 Å². The Bertz CT molecular complexity index is 517. The molecule has 0 unspecified atom stereocenters. The van der Waals surface area contributed by atoms with E-state index >= 15 is 0 Å². The van der Waals surface area contributed by atoms with Gasteiger partial charge in [0.25, 0.3) is 0 Å². The van der Waals surface area contributed by atoms with Gasteiger partial charge >= 0.3 is 0 Å². The Morgan fingerprint density at radius 3 is 2.59 bits per heavy atom. The Hall–Kier alpha value is -2.24. The minimum absolute atomic E-state index is 0.100. The number of halogens is 2. The minimum Gasteiger partial charge on any atom is -0.486 e. The lowest BCUT2D eigenvalue weighted by Crippen LogP contribution is -2.01. The van der Waals surface area contributed by atoms with E-state index in [2.05, 4.69) is 9.97 Å². The summed E-state index contributed by atoms with van der Waals surface area (Å²) in [7, 11) is 0. The fourth-order valence-corrected chi connectivity index (χ4v) is 1.22. The van der Waals surface area contributed by atoms with Crippen LogP contribution in [0.3, 0.4) is 0 Å². The van der Waals surface area contributed by atoms with Crippen LogP contribution in [0.4, 0.5) is 14.7 Å². The van der Waals surface area contributed by atoms with E-state index < -0.39 is 11.6 Å². The Balaban J connectivity index is 2.07. The molecule has 1 aromatic heterocycles. The topological polar surface area (TPSA) is 61.0 Å². The van der Waals surface area contributed by atoms with Crippen molar-refractivity contribution >= 4 is 5.95 Å². The van der Waals surface area contributed by atoms with Gasteiger partial charge in [0.1, 0.15) is 6.61 Å². The molecule has 2 rings (SSSR count). The van der Waals surface area contributed by atoms with Gasteiger partial charge in [-0.2, -0.15) is 0 Å². The summed E-state index contributed by atoms with van der Waals surface area (Å²) in [5, 5.41) is 0. The van der Waals surface area contributed by atoms with Crippen molar-refractivity contribution < 1.29 is 13.5 Å². The molecule has 0 atom stereocenters. The average molecular weight is 237 g/mol. The maximum absolute atomic E-state index is 13.3. The summed E-state index contributed by atoms with van der Waals surface area (Å²) in [4.78, 5) is 7.41. The fourth-order valence-electron chi connectivity index (χ4n) is 1.22. The van der Waals surface area contributed by atoms with Crippen LogP contribution in [-0.4, -0.2) is 9.97 Å². The van der Waals surface area contributed by atoms with E-state index in [9.17, 15) is 8.78 Å². The maximum atomic E-state index is 13.3. The lowest BCUT2D eigenvalue weighted by Gasteiger charge is -2.06. The largest absolute Gasteiger partial charge is 0.486 e. The zero-order chi connectivity index (χ0) is 12.3. The van der Waals surface area contributed by atoms with Crippen molar-refractivity contribution in [2.75, 3.05) is 5.73 Å². The summed E-state index contributed by atoms with van der Waals surface area (Å²) in [6.07, 6.45) is 2.72. The number of aromatic nitrogens is 2. The Labute approximate surface area is 96.1 Å². The second-order valence-corrected chi connectivity index (χ2v) is 3.28. The van der Waals surface area contributed by atoms with Gasteiger partial charge in [0.2, 0.25) is 5.95 Å². The van der Waals surface area contributed by atoms with Gasteiger partial charge < -0.3 is 10.5 Å². The Morgan fingerprint density at radius 1 is 1.18 bits per heavy atom. The molecule has 2 N–H and O–H groups in total. The van der Waals surface area contributed by atoms with Crippen molar-refractivity contribution in [2.24, 2.45) is 0 Å². The van der Waals surface area contributed by atoms with Crippen LogP contribution in [0.5, 0.6) is 5.75 Å². The highest BCUT2D eigenvalue weighted by molar-refractivity contribution is 5.23. The lowest BCUT2D eigenvalue weighted by molar-refractivity contribution is 0.295. The van der Waals surface area contributed by atoms with Gasteiger partial charge in [0, 0.05) is 5.56 Å². The first-order chi connectivity index (χ1) is 8.16. The van der Waals surface area contributed by atoms with E-state index in [4.69, 9.17) is 10.5 Å². The molecule has 2 aromatic rings. The van der Waals surface area contributed by atoms with Crippen molar-refractivity contribution in [2.45, 2.75) is 6.61 Å². The van der Waals surface area contributed by atoms with Gasteiger partial charge in [-0.1, -0.05) is 12.1 Å². The number of anilines is 1. The number of nitrogens with zero attached hydrogens (tertiary/aromatic N) is 2. The predicted octanol–water partition coefficient (Wildman–Crippen LogP) is 1.92. The SMILES string of the molecule is Nc1ncc(OCc2cccc(F)c2F)cn1. The lowest BCUT2D eigenvalue weighted by atomic mass is 10.2. The number of ether oxygens (including phenoxy) is 1. The molecule has 0 saturated heterocycles. The highest BCUT2D eigenvalue weighted by Crippen LogP contribution is 2.14. The standard InChI is InChI=1S/C11H9F2N3O/c12-9-3-1-2-7(10(9)13)6-17-8-4-15-11(14)16-5-8/h1-5H,6H2,(H2,14,15,16). The molecule has 1 aromatic carbocycles. The van der Waals surface area contributed by atoms with Crippen LogP contribution >= 0.6 is 0 Å². The molecule has 0 saturated carbocycles. The molecule has 4 nitrogen and oxygen atoms in total. The molecule has 0 aliphatic carbocycles. The van der Waals surface area contributed by atoms with E-state index in [1.807, 2.05) is 0 Å². The van der Waals surface area contributed by atoms with E-state index in [1.54, 1.807) is 0 Å².